The highest BCUT2D eigenvalue weighted by Gasteiger charge is 2.16. The lowest BCUT2D eigenvalue weighted by atomic mass is 10.1. The largest absolute Gasteiger partial charge is 0.489 e. The van der Waals surface area contributed by atoms with E-state index in [1.807, 2.05) is 38.1 Å². The number of carbonyl (C=O) groups is 1. The molecule has 0 heterocycles. The number of aryl methyl sites for hydroxylation is 1. The second kappa shape index (κ2) is 7.74. The summed E-state index contributed by atoms with van der Waals surface area (Å²) in [7, 11) is 0. The monoisotopic (exact) mass is 316 g/mol. The molecule has 2 atom stereocenters. The van der Waals surface area contributed by atoms with Crippen molar-refractivity contribution in [1.82, 2.24) is 5.32 Å². The van der Waals surface area contributed by atoms with Crippen molar-refractivity contribution in [3.8, 4) is 5.75 Å². The SMILES string of the molecule is Cc1ccc(C(N)C(=O)NCC(C)Oc2ccc(F)cc2)cc1. The summed E-state index contributed by atoms with van der Waals surface area (Å²) in [6.45, 7) is 4.11. The summed E-state index contributed by atoms with van der Waals surface area (Å²) in [5, 5.41) is 2.76. The highest BCUT2D eigenvalue weighted by molar-refractivity contribution is 5.82. The van der Waals surface area contributed by atoms with Crippen LogP contribution in [0.1, 0.15) is 24.1 Å². The number of halogens is 1. The van der Waals surface area contributed by atoms with Crippen molar-refractivity contribution in [2.75, 3.05) is 6.54 Å². The maximum atomic E-state index is 12.8. The highest BCUT2D eigenvalue weighted by atomic mass is 19.1. The number of carbonyl (C=O) groups excluding carboxylic acids is 1. The minimum absolute atomic E-state index is 0.255. The van der Waals surface area contributed by atoms with E-state index < -0.39 is 6.04 Å². The summed E-state index contributed by atoms with van der Waals surface area (Å²) in [6, 6.07) is 12.6. The van der Waals surface area contributed by atoms with Crippen molar-refractivity contribution in [3.63, 3.8) is 0 Å². The molecule has 3 N–H and O–H groups in total. The minimum Gasteiger partial charge on any atom is -0.489 e. The van der Waals surface area contributed by atoms with Crippen molar-refractivity contribution >= 4 is 5.91 Å². The molecule has 0 fully saturated rings. The van der Waals surface area contributed by atoms with Crippen LogP contribution in [0.4, 0.5) is 4.39 Å². The van der Waals surface area contributed by atoms with E-state index in [4.69, 9.17) is 10.5 Å². The smallest absolute Gasteiger partial charge is 0.241 e. The van der Waals surface area contributed by atoms with E-state index in [-0.39, 0.29) is 17.8 Å². The van der Waals surface area contributed by atoms with Gasteiger partial charge in [-0.2, -0.15) is 0 Å². The number of nitrogens with two attached hydrogens (primary N) is 1. The number of nitrogens with one attached hydrogen (secondary N) is 1. The first kappa shape index (κ1) is 17.0. The van der Waals surface area contributed by atoms with Crippen LogP contribution < -0.4 is 15.8 Å². The third-order valence-electron chi connectivity index (χ3n) is 3.43. The Morgan fingerprint density at radius 2 is 1.78 bits per heavy atom. The lowest BCUT2D eigenvalue weighted by molar-refractivity contribution is -0.122. The molecule has 0 spiro atoms. The van der Waals surface area contributed by atoms with Gasteiger partial charge >= 0.3 is 0 Å². The molecule has 23 heavy (non-hydrogen) atoms. The third-order valence-corrected chi connectivity index (χ3v) is 3.43. The van der Waals surface area contributed by atoms with Crippen LogP contribution in [0.3, 0.4) is 0 Å². The molecule has 0 radical (unpaired) electrons. The van der Waals surface area contributed by atoms with Crippen LogP contribution >= 0.6 is 0 Å². The van der Waals surface area contributed by atoms with Gasteiger partial charge < -0.3 is 15.8 Å². The molecule has 1 amide bonds. The lowest BCUT2D eigenvalue weighted by Crippen LogP contribution is -2.39. The van der Waals surface area contributed by atoms with Crippen LogP contribution in [0.15, 0.2) is 48.5 Å². The van der Waals surface area contributed by atoms with E-state index in [2.05, 4.69) is 5.32 Å². The molecular weight excluding hydrogens is 295 g/mol. The Labute approximate surface area is 135 Å². The van der Waals surface area contributed by atoms with Gasteiger partial charge in [-0.05, 0) is 43.7 Å². The standard InChI is InChI=1S/C18H21FN2O2/c1-12-3-5-14(6-4-12)17(20)18(22)21-11-13(2)23-16-9-7-15(19)8-10-16/h3-10,13,17H,11,20H2,1-2H3,(H,21,22). The average molecular weight is 316 g/mol. The highest BCUT2D eigenvalue weighted by Crippen LogP contribution is 2.14. The zero-order chi connectivity index (χ0) is 16.8. The molecule has 0 saturated carbocycles. The first-order valence-electron chi connectivity index (χ1n) is 7.48. The number of rotatable bonds is 6. The second-order valence-corrected chi connectivity index (χ2v) is 5.52. The molecule has 2 rings (SSSR count). The second-order valence-electron chi connectivity index (χ2n) is 5.52. The van der Waals surface area contributed by atoms with Gasteiger partial charge in [-0.25, -0.2) is 4.39 Å². The Morgan fingerprint density at radius 3 is 2.39 bits per heavy atom. The van der Waals surface area contributed by atoms with Crippen LogP contribution in [-0.2, 0) is 4.79 Å². The molecule has 0 saturated heterocycles. The fourth-order valence-corrected chi connectivity index (χ4v) is 2.07. The van der Waals surface area contributed by atoms with Crippen molar-refractivity contribution in [3.05, 3.63) is 65.5 Å². The molecule has 2 aromatic rings. The predicted octanol–water partition coefficient (Wildman–Crippen LogP) is 2.72. The minimum atomic E-state index is -0.714. The van der Waals surface area contributed by atoms with Crippen LogP contribution in [0, 0.1) is 12.7 Å². The predicted molar refractivity (Wildman–Crippen MR) is 87.6 cm³/mol. The molecule has 0 aromatic heterocycles. The summed E-state index contributed by atoms with van der Waals surface area (Å²) < 4.78 is 18.4. The lowest BCUT2D eigenvalue weighted by Gasteiger charge is -2.17. The maximum Gasteiger partial charge on any atom is 0.241 e. The van der Waals surface area contributed by atoms with Gasteiger partial charge in [-0.1, -0.05) is 29.8 Å². The van der Waals surface area contributed by atoms with Crippen molar-refractivity contribution < 1.29 is 13.9 Å². The molecule has 0 aliphatic carbocycles. The van der Waals surface area contributed by atoms with Crippen LogP contribution in [0.2, 0.25) is 0 Å². The summed E-state index contributed by atoms with van der Waals surface area (Å²) in [6.07, 6.45) is -0.255. The van der Waals surface area contributed by atoms with Gasteiger partial charge in [0.15, 0.2) is 0 Å². The molecule has 0 bridgehead atoms. The Bertz CT molecular complexity index is 641. The van der Waals surface area contributed by atoms with E-state index in [1.165, 1.54) is 12.1 Å². The van der Waals surface area contributed by atoms with Crippen molar-refractivity contribution in [2.45, 2.75) is 26.0 Å². The van der Waals surface area contributed by atoms with Gasteiger partial charge in [0.25, 0.3) is 0 Å². The molecule has 0 aliphatic heterocycles. The normalized spacial score (nSPS) is 13.2. The molecule has 2 unspecified atom stereocenters. The topological polar surface area (TPSA) is 64.4 Å². The van der Waals surface area contributed by atoms with E-state index in [1.54, 1.807) is 12.1 Å². The number of ether oxygens (including phenoxy) is 1. The number of hydrogen-bond donors (Lipinski definition) is 2. The van der Waals surface area contributed by atoms with Gasteiger partial charge in [-0.15, -0.1) is 0 Å². The number of benzene rings is 2. The Morgan fingerprint density at radius 1 is 1.17 bits per heavy atom. The first-order chi connectivity index (χ1) is 11.0. The molecule has 5 heteroatoms. The fraction of sp³-hybridized carbons (Fsp3) is 0.278. The van der Waals surface area contributed by atoms with E-state index in [9.17, 15) is 9.18 Å². The van der Waals surface area contributed by atoms with Crippen LogP contribution in [0.5, 0.6) is 5.75 Å². The zero-order valence-electron chi connectivity index (χ0n) is 13.3. The van der Waals surface area contributed by atoms with Crippen molar-refractivity contribution in [2.24, 2.45) is 5.73 Å². The van der Waals surface area contributed by atoms with Crippen LogP contribution in [-0.4, -0.2) is 18.6 Å². The Kier molecular flexibility index (Phi) is 5.71. The van der Waals surface area contributed by atoms with E-state index in [0.717, 1.165) is 11.1 Å². The molecule has 0 aliphatic rings. The maximum absolute atomic E-state index is 12.8. The summed E-state index contributed by atoms with van der Waals surface area (Å²) in [5.74, 6) is -0.0261. The first-order valence-corrected chi connectivity index (χ1v) is 7.48. The summed E-state index contributed by atoms with van der Waals surface area (Å²) >= 11 is 0. The summed E-state index contributed by atoms with van der Waals surface area (Å²) in [4.78, 5) is 12.1. The Balaban J connectivity index is 1.83. The van der Waals surface area contributed by atoms with Gasteiger partial charge in [0.05, 0.1) is 6.54 Å². The number of hydrogen-bond acceptors (Lipinski definition) is 3. The molecular formula is C18H21FN2O2. The van der Waals surface area contributed by atoms with Gasteiger partial charge in [0.1, 0.15) is 23.7 Å². The molecule has 2 aromatic carbocycles. The fourth-order valence-electron chi connectivity index (χ4n) is 2.07. The van der Waals surface area contributed by atoms with Gasteiger partial charge in [-0.3, -0.25) is 4.79 Å². The Hall–Kier alpha value is -2.40. The molecule has 4 nitrogen and oxygen atoms in total. The van der Waals surface area contributed by atoms with E-state index >= 15 is 0 Å². The zero-order valence-corrected chi connectivity index (χ0v) is 13.3. The van der Waals surface area contributed by atoms with Gasteiger partial charge in [0, 0.05) is 0 Å². The van der Waals surface area contributed by atoms with Crippen LogP contribution in [0.25, 0.3) is 0 Å². The molecule has 122 valence electrons. The van der Waals surface area contributed by atoms with E-state index in [0.29, 0.717) is 12.3 Å². The summed E-state index contributed by atoms with van der Waals surface area (Å²) in [5.41, 5.74) is 7.83. The number of amides is 1. The van der Waals surface area contributed by atoms with Crippen molar-refractivity contribution in [1.29, 1.82) is 0 Å². The van der Waals surface area contributed by atoms with Gasteiger partial charge in [0.2, 0.25) is 5.91 Å². The quantitative estimate of drug-likeness (QED) is 0.861. The third kappa shape index (κ3) is 5.07. The average Bonchev–Trinajstić information content (AvgIpc) is 2.55.